The number of para-hydroxylation sites is 1. The van der Waals surface area contributed by atoms with Gasteiger partial charge in [0, 0.05) is 20.1 Å². The number of alkyl halides is 1. The molecule has 1 aromatic carbocycles. The van der Waals surface area contributed by atoms with Crippen LogP contribution in [-0.2, 0) is 16.0 Å². The molecule has 2 rings (SSSR count). The highest BCUT2D eigenvalue weighted by atomic mass is 35.5. The number of carbonyl (C=O) groups is 1. The highest BCUT2D eigenvalue weighted by molar-refractivity contribution is 6.21. The lowest BCUT2D eigenvalue weighted by Gasteiger charge is -2.13. The Bertz CT molecular complexity index is 399. The third kappa shape index (κ3) is 3.15. The number of hydrogen-bond acceptors (Lipinski definition) is 3. The summed E-state index contributed by atoms with van der Waals surface area (Å²) < 4.78 is 10.5. The van der Waals surface area contributed by atoms with E-state index in [1.54, 1.807) is 7.11 Å². The Kier molecular flexibility index (Phi) is 4.44. The van der Waals surface area contributed by atoms with Gasteiger partial charge in [-0.3, -0.25) is 4.79 Å². The van der Waals surface area contributed by atoms with Gasteiger partial charge in [-0.05, 0) is 11.6 Å². The summed E-state index contributed by atoms with van der Waals surface area (Å²) in [6.45, 7) is 0.790. The fraction of sp³-hybridized carbons (Fsp3) is 0.462. The SMILES string of the molecule is COCC(Cl)CNC(=O)C1Cc2ccccc2O1. The molecule has 0 bridgehead atoms. The zero-order chi connectivity index (χ0) is 13.0. The Morgan fingerprint density at radius 1 is 1.61 bits per heavy atom. The monoisotopic (exact) mass is 269 g/mol. The minimum atomic E-state index is -0.450. The van der Waals surface area contributed by atoms with Crippen LogP contribution in [-0.4, -0.2) is 37.6 Å². The zero-order valence-corrected chi connectivity index (χ0v) is 10.9. The van der Waals surface area contributed by atoms with Gasteiger partial charge >= 0.3 is 0 Å². The molecule has 0 saturated heterocycles. The fourth-order valence-electron chi connectivity index (χ4n) is 1.89. The van der Waals surface area contributed by atoms with E-state index in [-0.39, 0.29) is 11.3 Å². The molecule has 98 valence electrons. The van der Waals surface area contributed by atoms with E-state index >= 15 is 0 Å². The first-order valence-corrected chi connectivity index (χ1v) is 6.29. The highest BCUT2D eigenvalue weighted by Crippen LogP contribution is 2.28. The molecule has 0 spiro atoms. The van der Waals surface area contributed by atoms with Crippen molar-refractivity contribution < 1.29 is 14.3 Å². The summed E-state index contributed by atoms with van der Waals surface area (Å²) >= 11 is 5.94. The number of amides is 1. The summed E-state index contributed by atoms with van der Waals surface area (Å²) in [5.41, 5.74) is 1.07. The number of fused-ring (bicyclic) bond motifs is 1. The van der Waals surface area contributed by atoms with Crippen LogP contribution >= 0.6 is 11.6 Å². The number of methoxy groups -OCH3 is 1. The van der Waals surface area contributed by atoms with Gasteiger partial charge < -0.3 is 14.8 Å². The van der Waals surface area contributed by atoms with E-state index in [2.05, 4.69) is 5.32 Å². The first kappa shape index (κ1) is 13.2. The van der Waals surface area contributed by atoms with E-state index in [0.717, 1.165) is 11.3 Å². The number of hydrogen-bond donors (Lipinski definition) is 1. The molecular formula is C13H16ClNO3. The van der Waals surface area contributed by atoms with Crippen molar-refractivity contribution in [1.29, 1.82) is 0 Å². The third-order valence-corrected chi connectivity index (χ3v) is 3.07. The van der Waals surface area contributed by atoms with Crippen LogP contribution in [0, 0.1) is 0 Å². The van der Waals surface area contributed by atoms with Gasteiger partial charge in [0.15, 0.2) is 6.10 Å². The average molecular weight is 270 g/mol. The van der Waals surface area contributed by atoms with E-state index < -0.39 is 6.10 Å². The quantitative estimate of drug-likeness (QED) is 0.821. The lowest BCUT2D eigenvalue weighted by Crippen LogP contribution is -2.40. The maximum atomic E-state index is 11.9. The molecule has 0 aromatic heterocycles. The van der Waals surface area contributed by atoms with Crippen LogP contribution in [0.5, 0.6) is 5.75 Å². The van der Waals surface area contributed by atoms with Gasteiger partial charge in [-0.1, -0.05) is 18.2 Å². The van der Waals surface area contributed by atoms with Crippen LogP contribution in [0.2, 0.25) is 0 Å². The van der Waals surface area contributed by atoms with Crippen LogP contribution in [0.1, 0.15) is 5.56 Å². The summed E-state index contributed by atoms with van der Waals surface area (Å²) in [6.07, 6.45) is 0.160. The van der Waals surface area contributed by atoms with Gasteiger partial charge in [-0.25, -0.2) is 0 Å². The molecule has 1 aliphatic heterocycles. The molecule has 1 aliphatic rings. The van der Waals surface area contributed by atoms with Crippen LogP contribution in [0.3, 0.4) is 0 Å². The van der Waals surface area contributed by atoms with Crippen molar-refractivity contribution >= 4 is 17.5 Å². The molecule has 4 nitrogen and oxygen atoms in total. The minimum absolute atomic E-state index is 0.132. The van der Waals surface area contributed by atoms with Gasteiger partial charge in [0.1, 0.15) is 5.75 Å². The van der Waals surface area contributed by atoms with Crippen molar-refractivity contribution in [3.05, 3.63) is 29.8 Å². The lowest BCUT2D eigenvalue weighted by atomic mass is 10.1. The summed E-state index contributed by atoms with van der Waals surface area (Å²) in [7, 11) is 1.58. The minimum Gasteiger partial charge on any atom is -0.480 e. The molecule has 5 heteroatoms. The van der Waals surface area contributed by atoms with Gasteiger partial charge in [-0.15, -0.1) is 11.6 Å². The van der Waals surface area contributed by atoms with E-state index in [0.29, 0.717) is 19.6 Å². The predicted octanol–water partition coefficient (Wildman–Crippen LogP) is 1.36. The molecule has 0 fully saturated rings. The summed E-state index contributed by atoms with van der Waals surface area (Å²) in [6, 6.07) is 7.68. The van der Waals surface area contributed by atoms with E-state index in [4.69, 9.17) is 21.1 Å². The second-order valence-corrected chi connectivity index (χ2v) is 4.83. The van der Waals surface area contributed by atoms with Crippen molar-refractivity contribution in [1.82, 2.24) is 5.32 Å². The van der Waals surface area contributed by atoms with Gasteiger partial charge in [0.25, 0.3) is 5.91 Å². The van der Waals surface area contributed by atoms with Crippen LogP contribution in [0.15, 0.2) is 24.3 Å². The molecule has 0 radical (unpaired) electrons. The summed E-state index contributed by atoms with van der Waals surface area (Å²) in [5.74, 6) is 0.657. The standard InChI is InChI=1S/C13H16ClNO3/c1-17-8-10(14)7-15-13(16)12-6-9-4-2-3-5-11(9)18-12/h2-5,10,12H,6-8H2,1H3,(H,15,16). The van der Waals surface area contributed by atoms with Crippen molar-refractivity contribution in [2.75, 3.05) is 20.3 Å². The Morgan fingerprint density at radius 3 is 3.11 bits per heavy atom. The van der Waals surface area contributed by atoms with Crippen LogP contribution in [0.25, 0.3) is 0 Å². The smallest absolute Gasteiger partial charge is 0.261 e. The molecule has 1 aromatic rings. The van der Waals surface area contributed by atoms with Gasteiger partial charge in [-0.2, -0.15) is 0 Å². The molecule has 0 saturated carbocycles. The van der Waals surface area contributed by atoms with Gasteiger partial charge in [0.2, 0.25) is 0 Å². The number of nitrogens with one attached hydrogen (secondary N) is 1. The average Bonchev–Trinajstić information content (AvgIpc) is 2.80. The van der Waals surface area contributed by atoms with Crippen molar-refractivity contribution in [2.24, 2.45) is 0 Å². The molecule has 1 amide bonds. The van der Waals surface area contributed by atoms with E-state index in [1.807, 2.05) is 24.3 Å². The number of halogens is 1. The molecule has 0 aliphatic carbocycles. The van der Waals surface area contributed by atoms with E-state index in [1.165, 1.54) is 0 Å². The number of ether oxygens (including phenoxy) is 2. The second-order valence-electron chi connectivity index (χ2n) is 4.22. The molecule has 1 heterocycles. The Hall–Kier alpha value is -1.26. The zero-order valence-electron chi connectivity index (χ0n) is 10.2. The number of benzene rings is 1. The second kappa shape index (κ2) is 6.07. The Balaban J connectivity index is 1.82. The first-order valence-electron chi connectivity index (χ1n) is 5.86. The number of carbonyl (C=O) groups excluding carboxylic acids is 1. The van der Waals surface area contributed by atoms with Gasteiger partial charge in [0.05, 0.1) is 12.0 Å². The van der Waals surface area contributed by atoms with Crippen molar-refractivity contribution in [3.63, 3.8) is 0 Å². The van der Waals surface area contributed by atoms with E-state index in [9.17, 15) is 4.79 Å². The first-order chi connectivity index (χ1) is 8.70. The largest absolute Gasteiger partial charge is 0.480 e. The molecule has 2 atom stereocenters. The molecule has 2 unspecified atom stereocenters. The van der Waals surface area contributed by atoms with Crippen LogP contribution < -0.4 is 10.1 Å². The van der Waals surface area contributed by atoms with Crippen molar-refractivity contribution in [3.8, 4) is 5.75 Å². The molecule has 1 N–H and O–H groups in total. The molecule has 18 heavy (non-hydrogen) atoms. The Morgan fingerprint density at radius 2 is 2.39 bits per heavy atom. The lowest BCUT2D eigenvalue weighted by molar-refractivity contribution is -0.127. The maximum absolute atomic E-state index is 11.9. The predicted molar refractivity (Wildman–Crippen MR) is 69.1 cm³/mol. The fourth-order valence-corrected chi connectivity index (χ4v) is 2.10. The summed E-state index contributed by atoms with van der Waals surface area (Å²) in [4.78, 5) is 11.9. The maximum Gasteiger partial charge on any atom is 0.261 e. The number of rotatable bonds is 5. The topological polar surface area (TPSA) is 47.6 Å². The molecular weight excluding hydrogens is 254 g/mol. The third-order valence-electron chi connectivity index (χ3n) is 2.78. The normalized spacial score (nSPS) is 18.9. The van der Waals surface area contributed by atoms with Crippen molar-refractivity contribution in [2.45, 2.75) is 17.9 Å². The highest BCUT2D eigenvalue weighted by Gasteiger charge is 2.28. The Labute approximate surface area is 111 Å². The summed E-state index contributed by atoms with van der Waals surface area (Å²) in [5, 5.41) is 2.55. The van der Waals surface area contributed by atoms with Crippen LogP contribution in [0.4, 0.5) is 0 Å².